The van der Waals surface area contributed by atoms with E-state index < -0.39 is 35.0 Å². The minimum absolute atomic E-state index is 0. The number of nitrogens with zero attached hydrogens (tertiary/aromatic N) is 3. The Hall–Kier alpha value is -2.20. The Bertz CT molecular complexity index is 719. The molecule has 0 radical (unpaired) electrons. The fourth-order valence-corrected chi connectivity index (χ4v) is 2.03. The van der Waals surface area contributed by atoms with Gasteiger partial charge in [-0.25, -0.2) is 9.07 Å². The number of rotatable bonds is 6. The van der Waals surface area contributed by atoms with E-state index in [2.05, 4.69) is 20.9 Å². The van der Waals surface area contributed by atoms with Crippen molar-refractivity contribution in [2.45, 2.75) is 12.6 Å². The molecule has 0 saturated heterocycles. The van der Waals surface area contributed by atoms with Gasteiger partial charge in [-0.1, -0.05) is 17.3 Å². The van der Waals surface area contributed by atoms with Crippen LogP contribution in [0.15, 0.2) is 24.3 Å². The summed E-state index contributed by atoms with van der Waals surface area (Å²) in [6.07, 6.45) is -4.39. The molecule has 0 aliphatic rings. The fraction of sp³-hybridized carbons (Fsp3) is 0.357. The molecule has 1 aromatic heterocycles. The summed E-state index contributed by atoms with van der Waals surface area (Å²) >= 11 is 0. The zero-order chi connectivity index (χ0) is 17.7. The van der Waals surface area contributed by atoms with Crippen molar-refractivity contribution in [2.24, 2.45) is 0 Å². The molecule has 0 saturated carbocycles. The van der Waals surface area contributed by atoms with Gasteiger partial charge in [0.2, 0.25) is 0 Å². The summed E-state index contributed by atoms with van der Waals surface area (Å²) in [6, 6.07) is 4.80. The van der Waals surface area contributed by atoms with E-state index in [1.54, 1.807) is 7.05 Å². The summed E-state index contributed by atoms with van der Waals surface area (Å²) < 4.78 is 54.1. The van der Waals surface area contributed by atoms with Gasteiger partial charge < -0.3 is 10.6 Å². The molecule has 1 heterocycles. The Morgan fingerprint density at radius 1 is 1.24 bits per heavy atom. The Labute approximate surface area is 147 Å². The first kappa shape index (κ1) is 20.8. The number of carbonyl (C=O) groups is 1. The van der Waals surface area contributed by atoms with Crippen LogP contribution in [-0.2, 0) is 6.18 Å². The van der Waals surface area contributed by atoms with Gasteiger partial charge in [-0.3, -0.25) is 4.79 Å². The number of hydrogen-bond acceptors (Lipinski definition) is 4. The highest BCUT2D eigenvalue weighted by Gasteiger charge is 2.42. The second kappa shape index (κ2) is 8.77. The highest BCUT2D eigenvalue weighted by atomic mass is 35.5. The van der Waals surface area contributed by atoms with E-state index in [0.717, 1.165) is 12.1 Å². The molecule has 0 aliphatic carbocycles. The number of alkyl halides is 3. The van der Waals surface area contributed by atoms with Gasteiger partial charge in [0.15, 0.2) is 11.4 Å². The van der Waals surface area contributed by atoms with Crippen LogP contribution in [0.4, 0.5) is 17.6 Å². The number of aromatic nitrogens is 3. The minimum Gasteiger partial charge on any atom is -0.351 e. The Morgan fingerprint density at radius 2 is 1.92 bits per heavy atom. The first-order valence-electron chi connectivity index (χ1n) is 7.07. The number of halogens is 5. The molecular weight excluding hydrogens is 366 g/mol. The van der Waals surface area contributed by atoms with E-state index >= 15 is 0 Å². The molecule has 0 unspecified atom stereocenters. The first-order chi connectivity index (χ1) is 11.4. The highest BCUT2D eigenvalue weighted by molar-refractivity contribution is 5.93. The number of carbonyl (C=O) groups excluding carboxylic acids is 1. The molecule has 138 valence electrons. The van der Waals surface area contributed by atoms with E-state index in [-0.39, 0.29) is 23.6 Å². The third-order valence-corrected chi connectivity index (χ3v) is 3.12. The van der Waals surface area contributed by atoms with Crippen LogP contribution >= 0.6 is 12.4 Å². The van der Waals surface area contributed by atoms with Crippen LogP contribution in [0.2, 0.25) is 0 Å². The van der Waals surface area contributed by atoms with Crippen LogP contribution in [0.25, 0.3) is 5.69 Å². The summed E-state index contributed by atoms with van der Waals surface area (Å²) in [4.78, 5) is 12.0. The molecule has 1 amide bonds. The van der Waals surface area contributed by atoms with E-state index in [4.69, 9.17) is 0 Å². The number of benzene rings is 1. The van der Waals surface area contributed by atoms with Gasteiger partial charge in [0.1, 0.15) is 11.5 Å². The second-order valence-corrected chi connectivity index (χ2v) is 4.86. The summed E-state index contributed by atoms with van der Waals surface area (Å²) in [5, 5.41) is 11.8. The standard InChI is InChI=1S/C14H15F4N5O.ClH/c1-19-7-4-8-20-13(24)11-12(14(16,17)18)23(22-21-11)10-6-3-2-5-9(10)15;/h2-3,5-6,19H,4,7-8H2,1H3,(H,20,24);1H. The van der Waals surface area contributed by atoms with Gasteiger partial charge in [0.05, 0.1) is 0 Å². The summed E-state index contributed by atoms with van der Waals surface area (Å²) in [7, 11) is 1.71. The topological polar surface area (TPSA) is 71.8 Å². The number of hydrogen-bond donors (Lipinski definition) is 2. The molecule has 0 aliphatic heterocycles. The highest BCUT2D eigenvalue weighted by Crippen LogP contribution is 2.33. The molecule has 2 N–H and O–H groups in total. The molecule has 0 atom stereocenters. The average Bonchev–Trinajstić information content (AvgIpc) is 2.97. The Kier molecular flexibility index (Phi) is 7.31. The van der Waals surface area contributed by atoms with Crippen molar-refractivity contribution in [1.29, 1.82) is 0 Å². The van der Waals surface area contributed by atoms with Gasteiger partial charge in [-0.15, -0.1) is 17.5 Å². The lowest BCUT2D eigenvalue weighted by atomic mass is 10.2. The maximum atomic E-state index is 13.8. The molecule has 0 fully saturated rings. The third-order valence-electron chi connectivity index (χ3n) is 3.12. The molecule has 0 spiro atoms. The average molecular weight is 382 g/mol. The third kappa shape index (κ3) is 4.89. The van der Waals surface area contributed by atoms with Crippen molar-refractivity contribution in [2.75, 3.05) is 20.1 Å². The van der Waals surface area contributed by atoms with Crippen LogP contribution in [0.3, 0.4) is 0 Å². The molecule has 25 heavy (non-hydrogen) atoms. The summed E-state index contributed by atoms with van der Waals surface area (Å²) in [5.74, 6) is -1.92. The minimum atomic E-state index is -4.93. The monoisotopic (exact) mass is 381 g/mol. The van der Waals surface area contributed by atoms with Gasteiger partial charge >= 0.3 is 6.18 Å². The maximum absolute atomic E-state index is 13.8. The lowest BCUT2D eigenvalue weighted by Gasteiger charge is -2.11. The lowest BCUT2D eigenvalue weighted by Crippen LogP contribution is -2.29. The predicted molar refractivity (Wildman–Crippen MR) is 84.4 cm³/mol. The van der Waals surface area contributed by atoms with E-state index in [1.807, 2.05) is 0 Å². The van der Waals surface area contributed by atoms with E-state index in [1.165, 1.54) is 12.1 Å². The van der Waals surface area contributed by atoms with Crippen molar-refractivity contribution in [3.05, 3.63) is 41.5 Å². The number of para-hydroxylation sites is 1. The number of amides is 1. The van der Waals surface area contributed by atoms with E-state index in [0.29, 0.717) is 13.0 Å². The molecule has 2 aromatic rings. The normalized spacial score (nSPS) is 11.1. The largest absolute Gasteiger partial charge is 0.435 e. The predicted octanol–water partition coefficient (Wildman–Crippen LogP) is 2.19. The lowest BCUT2D eigenvalue weighted by molar-refractivity contribution is -0.143. The van der Waals surface area contributed by atoms with Crippen molar-refractivity contribution < 1.29 is 22.4 Å². The maximum Gasteiger partial charge on any atom is 0.435 e. The van der Waals surface area contributed by atoms with Gasteiger partial charge in [-0.2, -0.15) is 13.2 Å². The van der Waals surface area contributed by atoms with Crippen molar-refractivity contribution in [3.8, 4) is 5.69 Å². The molecule has 6 nitrogen and oxygen atoms in total. The van der Waals surface area contributed by atoms with Crippen LogP contribution < -0.4 is 10.6 Å². The van der Waals surface area contributed by atoms with Crippen LogP contribution in [0, 0.1) is 5.82 Å². The van der Waals surface area contributed by atoms with Crippen molar-refractivity contribution in [3.63, 3.8) is 0 Å². The molecule has 0 bridgehead atoms. The molecule has 2 rings (SSSR count). The van der Waals surface area contributed by atoms with Crippen LogP contribution in [0.5, 0.6) is 0 Å². The Balaban J connectivity index is 0.00000312. The van der Waals surface area contributed by atoms with Gasteiger partial charge in [-0.05, 0) is 32.1 Å². The number of nitrogens with one attached hydrogen (secondary N) is 2. The zero-order valence-corrected chi connectivity index (χ0v) is 13.9. The van der Waals surface area contributed by atoms with Gasteiger partial charge in [0.25, 0.3) is 5.91 Å². The summed E-state index contributed by atoms with van der Waals surface area (Å²) in [5.41, 5.74) is -2.75. The second-order valence-electron chi connectivity index (χ2n) is 4.86. The Morgan fingerprint density at radius 3 is 2.52 bits per heavy atom. The smallest absolute Gasteiger partial charge is 0.351 e. The van der Waals surface area contributed by atoms with Crippen molar-refractivity contribution in [1.82, 2.24) is 25.6 Å². The zero-order valence-electron chi connectivity index (χ0n) is 13.1. The molecular formula is C14H16ClF4N5O. The molecule has 1 aromatic carbocycles. The quantitative estimate of drug-likeness (QED) is 0.594. The van der Waals surface area contributed by atoms with E-state index in [9.17, 15) is 22.4 Å². The molecule has 11 heteroatoms. The fourth-order valence-electron chi connectivity index (χ4n) is 2.03. The van der Waals surface area contributed by atoms with Crippen molar-refractivity contribution >= 4 is 18.3 Å². The van der Waals surface area contributed by atoms with Gasteiger partial charge in [0, 0.05) is 6.54 Å². The van der Waals surface area contributed by atoms with Crippen LogP contribution in [0.1, 0.15) is 22.6 Å². The summed E-state index contributed by atoms with van der Waals surface area (Å²) in [6.45, 7) is 0.762. The van der Waals surface area contributed by atoms with Crippen LogP contribution in [-0.4, -0.2) is 41.0 Å². The SMILES string of the molecule is CNCCCNC(=O)c1nnn(-c2ccccc2F)c1C(F)(F)F.Cl. The first-order valence-corrected chi connectivity index (χ1v) is 7.07.